The second-order valence-electron chi connectivity index (χ2n) is 9.96. The second-order valence-corrected chi connectivity index (χ2v) is 9.96. The molecule has 0 fully saturated rings. The molecule has 206 valence electrons. The van der Waals surface area contributed by atoms with Crippen LogP contribution in [0.2, 0.25) is 0 Å². The smallest absolute Gasteiger partial charge is 0.248 e. The van der Waals surface area contributed by atoms with Gasteiger partial charge in [0.05, 0.1) is 5.70 Å². The summed E-state index contributed by atoms with van der Waals surface area (Å²) in [5, 5.41) is 9.56. The van der Waals surface area contributed by atoms with Gasteiger partial charge in [-0.15, -0.1) is 0 Å². The number of hydrogen-bond donors (Lipinski definition) is 4. The number of benzene rings is 3. The number of amides is 2. The third-order valence-corrected chi connectivity index (χ3v) is 7.04. The number of carbonyl (C=O) groups is 2. The van der Waals surface area contributed by atoms with Crippen molar-refractivity contribution < 1.29 is 9.59 Å². The van der Waals surface area contributed by atoms with Crippen LogP contribution < -0.4 is 21.7 Å². The predicted octanol–water partition coefficient (Wildman–Crippen LogP) is 5.09. The summed E-state index contributed by atoms with van der Waals surface area (Å²) in [7, 11) is 0. The average Bonchev–Trinajstić information content (AvgIpc) is 3.40. The maximum absolute atomic E-state index is 13.5. The van der Waals surface area contributed by atoms with Gasteiger partial charge in [-0.25, -0.2) is 0 Å². The zero-order chi connectivity index (χ0) is 28.3. The normalized spacial score (nSPS) is 14.7. The molecule has 3 aromatic carbocycles. The lowest BCUT2D eigenvalue weighted by atomic mass is 10.0. The lowest BCUT2D eigenvalue weighted by molar-refractivity contribution is -0.123. The first kappa shape index (κ1) is 28.6. The van der Waals surface area contributed by atoms with Crippen LogP contribution in [-0.2, 0) is 29.0 Å². The summed E-state index contributed by atoms with van der Waals surface area (Å²) in [6.45, 7) is 4.28. The molecule has 6 heteroatoms. The molecule has 4 rings (SSSR count). The minimum atomic E-state index is -0.505. The highest BCUT2D eigenvalue weighted by molar-refractivity contribution is 5.93. The summed E-state index contributed by atoms with van der Waals surface area (Å²) < 4.78 is 0. The van der Waals surface area contributed by atoms with E-state index in [9.17, 15) is 9.59 Å². The van der Waals surface area contributed by atoms with E-state index in [4.69, 9.17) is 5.73 Å². The van der Waals surface area contributed by atoms with E-state index in [1.54, 1.807) is 12.2 Å². The highest BCUT2D eigenvalue weighted by atomic mass is 16.2. The molecule has 0 aromatic heterocycles. The molecule has 0 saturated heterocycles. The zero-order valence-electron chi connectivity index (χ0n) is 23.2. The van der Waals surface area contributed by atoms with E-state index < -0.39 is 6.04 Å². The highest BCUT2D eigenvalue weighted by Gasteiger charge is 2.28. The van der Waals surface area contributed by atoms with Crippen LogP contribution in [0.15, 0.2) is 108 Å². The van der Waals surface area contributed by atoms with Crippen LogP contribution >= 0.6 is 0 Å². The molecule has 0 heterocycles. The van der Waals surface area contributed by atoms with Crippen LogP contribution in [0.1, 0.15) is 54.1 Å². The summed E-state index contributed by atoms with van der Waals surface area (Å²) in [4.78, 5) is 25.9. The quantitative estimate of drug-likeness (QED) is 0.204. The Kier molecular flexibility index (Phi) is 10.1. The topological polar surface area (TPSA) is 96.2 Å². The summed E-state index contributed by atoms with van der Waals surface area (Å²) >= 11 is 0. The van der Waals surface area contributed by atoms with Crippen molar-refractivity contribution in [1.29, 1.82) is 0 Å². The summed E-state index contributed by atoms with van der Waals surface area (Å²) in [5.74, 6) is -0.325. The molecular weight excluding hydrogens is 496 g/mol. The van der Waals surface area contributed by atoms with Crippen LogP contribution in [0.3, 0.4) is 0 Å². The van der Waals surface area contributed by atoms with Gasteiger partial charge in [0.1, 0.15) is 6.04 Å². The Hall–Kier alpha value is -4.42. The van der Waals surface area contributed by atoms with Gasteiger partial charge in [-0.2, -0.15) is 0 Å². The van der Waals surface area contributed by atoms with Crippen LogP contribution in [0.25, 0.3) is 6.08 Å². The fourth-order valence-corrected chi connectivity index (χ4v) is 4.85. The molecule has 5 N–H and O–H groups in total. The molecule has 0 radical (unpaired) electrons. The van der Waals surface area contributed by atoms with Crippen molar-refractivity contribution in [2.24, 2.45) is 5.73 Å². The summed E-state index contributed by atoms with van der Waals surface area (Å²) in [6.07, 6.45) is 9.29. The zero-order valence-corrected chi connectivity index (χ0v) is 23.2. The lowest BCUT2D eigenvalue weighted by Crippen LogP contribution is -2.42. The van der Waals surface area contributed by atoms with E-state index >= 15 is 0 Å². The van der Waals surface area contributed by atoms with Crippen LogP contribution in [0, 0.1) is 0 Å². The van der Waals surface area contributed by atoms with E-state index in [0.29, 0.717) is 24.4 Å². The first-order valence-electron chi connectivity index (χ1n) is 13.8. The third-order valence-electron chi connectivity index (χ3n) is 7.04. The monoisotopic (exact) mass is 534 g/mol. The van der Waals surface area contributed by atoms with Crippen molar-refractivity contribution in [1.82, 2.24) is 16.0 Å². The Morgan fingerprint density at radius 1 is 0.925 bits per heavy atom. The maximum atomic E-state index is 13.5. The van der Waals surface area contributed by atoms with Gasteiger partial charge in [0.15, 0.2) is 0 Å². The number of carbonyl (C=O) groups excluding carboxylic acids is 2. The second kappa shape index (κ2) is 14.1. The van der Waals surface area contributed by atoms with E-state index in [1.807, 2.05) is 74.5 Å². The van der Waals surface area contributed by atoms with Crippen molar-refractivity contribution >= 4 is 17.9 Å². The van der Waals surface area contributed by atoms with Gasteiger partial charge < -0.3 is 16.4 Å². The first-order chi connectivity index (χ1) is 19.5. The highest BCUT2D eigenvalue weighted by Crippen LogP contribution is 2.25. The molecule has 0 spiro atoms. The molecule has 0 bridgehead atoms. The SMILES string of the molecule is C/C=C\C(NC(=O)/C=C/c1ccc(C(NC2Cc3ccccc3C2)C(=O)NCc2ccccc2)cc1)=C(\N)CC. The molecule has 0 saturated carbocycles. The van der Waals surface area contributed by atoms with E-state index in [2.05, 4.69) is 40.2 Å². The Bertz CT molecular complexity index is 1370. The summed E-state index contributed by atoms with van der Waals surface area (Å²) in [5.41, 5.74) is 12.7. The molecule has 1 aliphatic rings. The summed E-state index contributed by atoms with van der Waals surface area (Å²) in [6, 6.07) is 25.7. The molecule has 1 aliphatic carbocycles. The number of rotatable bonds is 11. The number of nitrogens with two attached hydrogens (primary N) is 1. The van der Waals surface area contributed by atoms with Crippen molar-refractivity contribution in [3.63, 3.8) is 0 Å². The third kappa shape index (κ3) is 7.80. The number of hydrogen-bond acceptors (Lipinski definition) is 4. The fourth-order valence-electron chi connectivity index (χ4n) is 4.85. The molecule has 40 heavy (non-hydrogen) atoms. The molecule has 1 atom stereocenters. The minimum Gasteiger partial charge on any atom is -0.400 e. The predicted molar refractivity (Wildman–Crippen MR) is 162 cm³/mol. The van der Waals surface area contributed by atoms with Gasteiger partial charge in [0.2, 0.25) is 11.8 Å². The fraction of sp³-hybridized carbons (Fsp3) is 0.235. The maximum Gasteiger partial charge on any atom is 0.248 e. The Labute approximate surface area is 237 Å². The van der Waals surface area contributed by atoms with Gasteiger partial charge in [-0.1, -0.05) is 91.9 Å². The van der Waals surface area contributed by atoms with Crippen LogP contribution in [0.5, 0.6) is 0 Å². The molecule has 1 unspecified atom stereocenters. The van der Waals surface area contributed by atoms with E-state index in [0.717, 1.165) is 29.5 Å². The Morgan fingerprint density at radius 2 is 1.57 bits per heavy atom. The lowest BCUT2D eigenvalue weighted by Gasteiger charge is -2.23. The Morgan fingerprint density at radius 3 is 2.20 bits per heavy atom. The van der Waals surface area contributed by atoms with Crippen molar-refractivity contribution in [2.45, 2.75) is 51.7 Å². The van der Waals surface area contributed by atoms with Crippen molar-refractivity contribution in [3.8, 4) is 0 Å². The Balaban J connectivity index is 1.46. The van der Waals surface area contributed by atoms with Crippen LogP contribution in [-0.4, -0.2) is 17.9 Å². The van der Waals surface area contributed by atoms with Gasteiger partial charge in [-0.05, 0) is 66.2 Å². The van der Waals surface area contributed by atoms with E-state index in [-0.39, 0.29) is 17.9 Å². The average molecular weight is 535 g/mol. The van der Waals surface area contributed by atoms with E-state index in [1.165, 1.54) is 17.2 Å². The number of allylic oxidation sites excluding steroid dienone is 3. The first-order valence-corrected chi connectivity index (χ1v) is 13.8. The molecule has 6 nitrogen and oxygen atoms in total. The van der Waals surface area contributed by atoms with Gasteiger partial charge in [-0.3, -0.25) is 14.9 Å². The van der Waals surface area contributed by atoms with Gasteiger partial charge in [0, 0.05) is 24.4 Å². The number of nitrogens with one attached hydrogen (secondary N) is 3. The number of fused-ring (bicyclic) bond motifs is 1. The molecule has 3 aromatic rings. The largest absolute Gasteiger partial charge is 0.400 e. The van der Waals surface area contributed by atoms with Crippen molar-refractivity contribution in [2.75, 3.05) is 0 Å². The molecular formula is C34H38N4O2. The minimum absolute atomic E-state index is 0.0701. The van der Waals surface area contributed by atoms with Gasteiger partial charge in [0.25, 0.3) is 0 Å². The van der Waals surface area contributed by atoms with Crippen LogP contribution in [0.4, 0.5) is 0 Å². The standard InChI is InChI=1S/C34H38N4O2/c1-3-10-31(30(35)4-2)38-32(39)20-17-24-15-18-26(19-16-24)33(34(40)36-23-25-11-6-5-7-12-25)37-29-21-27-13-8-9-14-28(27)22-29/h3,5-20,29,33,37H,4,21-23,35H2,1-2H3,(H,36,40)(H,38,39)/b10-3-,20-17+,31-30-. The molecule has 2 amide bonds. The van der Waals surface area contributed by atoms with Gasteiger partial charge >= 0.3 is 0 Å². The molecule has 0 aliphatic heterocycles. The van der Waals surface area contributed by atoms with Crippen molar-refractivity contribution in [3.05, 3.63) is 136 Å².